The van der Waals surface area contributed by atoms with Gasteiger partial charge in [-0.05, 0) is 52.9 Å². The van der Waals surface area contributed by atoms with Gasteiger partial charge >= 0.3 is 0 Å². The van der Waals surface area contributed by atoms with Gasteiger partial charge in [0.1, 0.15) is 18.2 Å². The summed E-state index contributed by atoms with van der Waals surface area (Å²) in [5, 5.41) is 10.0. The van der Waals surface area contributed by atoms with E-state index in [2.05, 4.69) is 55.5 Å². The standard InChI is InChI=1S/C27H28N4O2/c1-5-17-9-12-24(28-14-17)31-19(15-32)16-33-25-20(7-6-8-23(25)31)26-29-21-11-10-18(27(2,3)4)13-22(21)30-26/h5-14,19,32H,1,15-16H2,2-4H3,(H,29,30). The van der Waals surface area contributed by atoms with Gasteiger partial charge in [0.25, 0.3) is 0 Å². The molecule has 3 heterocycles. The molecule has 2 aromatic heterocycles. The molecule has 1 atom stereocenters. The zero-order valence-electron chi connectivity index (χ0n) is 19.2. The first-order valence-electron chi connectivity index (χ1n) is 11.1. The average molecular weight is 441 g/mol. The van der Waals surface area contributed by atoms with E-state index in [0.717, 1.165) is 45.2 Å². The maximum absolute atomic E-state index is 10.0. The molecule has 0 saturated heterocycles. The van der Waals surface area contributed by atoms with E-state index in [-0.39, 0.29) is 18.1 Å². The van der Waals surface area contributed by atoms with Crippen molar-refractivity contribution < 1.29 is 9.84 Å². The van der Waals surface area contributed by atoms with Crippen LogP contribution >= 0.6 is 0 Å². The third-order valence-corrected chi connectivity index (χ3v) is 6.11. The second-order valence-electron chi connectivity index (χ2n) is 9.39. The van der Waals surface area contributed by atoms with Crippen LogP contribution in [0.15, 0.2) is 61.3 Å². The molecule has 0 fully saturated rings. The number of pyridine rings is 1. The van der Waals surface area contributed by atoms with Gasteiger partial charge in [-0.1, -0.05) is 45.6 Å². The molecule has 0 saturated carbocycles. The Kier molecular flexibility index (Phi) is 5.17. The number of para-hydroxylation sites is 1. The number of nitrogens with zero attached hydrogens (tertiary/aromatic N) is 3. The highest BCUT2D eigenvalue weighted by Gasteiger charge is 2.31. The number of nitrogens with one attached hydrogen (secondary N) is 1. The molecule has 1 unspecified atom stereocenters. The number of imidazole rings is 1. The summed E-state index contributed by atoms with van der Waals surface area (Å²) in [5.74, 6) is 2.23. The topological polar surface area (TPSA) is 74.3 Å². The lowest BCUT2D eigenvalue weighted by molar-refractivity contribution is 0.195. The maximum atomic E-state index is 10.0. The van der Waals surface area contributed by atoms with E-state index in [1.165, 1.54) is 5.56 Å². The van der Waals surface area contributed by atoms with Crippen molar-refractivity contribution >= 4 is 28.6 Å². The molecule has 0 spiro atoms. The van der Waals surface area contributed by atoms with Gasteiger partial charge in [0.2, 0.25) is 0 Å². The van der Waals surface area contributed by atoms with Crippen LogP contribution in [-0.2, 0) is 5.41 Å². The van der Waals surface area contributed by atoms with Crippen LogP contribution in [0.25, 0.3) is 28.5 Å². The van der Waals surface area contributed by atoms with Crippen LogP contribution in [0.1, 0.15) is 31.9 Å². The number of aromatic amines is 1. The molecule has 0 bridgehead atoms. The summed E-state index contributed by atoms with van der Waals surface area (Å²) in [4.78, 5) is 15.0. The number of ether oxygens (including phenoxy) is 1. The normalized spacial score (nSPS) is 15.9. The molecule has 0 aliphatic carbocycles. The number of benzene rings is 2. The summed E-state index contributed by atoms with van der Waals surface area (Å²) in [6.07, 6.45) is 3.54. The van der Waals surface area contributed by atoms with Crippen molar-refractivity contribution in [3.8, 4) is 17.1 Å². The van der Waals surface area contributed by atoms with Crippen LogP contribution in [0.5, 0.6) is 5.75 Å². The van der Waals surface area contributed by atoms with Crippen molar-refractivity contribution in [3.05, 3.63) is 72.4 Å². The monoisotopic (exact) mass is 440 g/mol. The highest BCUT2D eigenvalue weighted by atomic mass is 16.5. The molecule has 1 aliphatic heterocycles. The Bertz CT molecular complexity index is 1320. The van der Waals surface area contributed by atoms with Crippen LogP contribution in [0.2, 0.25) is 0 Å². The van der Waals surface area contributed by atoms with E-state index in [1.807, 2.05) is 35.2 Å². The first kappa shape index (κ1) is 21.2. The number of rotatable bonds is 4. The quantitative estimate of drug-likeness (QED) is 0.441. The minimum atomic E-state index is -0.236. The number of aromatic nitrogens is 3. The van der Waals surface area contributed by atoms with Crippen molar-refractivity contribution in [1.29, 1.82) is 0 Å². The van der Waals surface area contributed by atoms with Gasteiger partial charge in [0.05, 0.1) is 34.9 Å². The number of aliphatic hydroxyl groups excluding tert-OH is 1. The fourth-order valence-corrected chi connectivity index (χ4v) is 4.21. The first-order chi connectivity index (χ1) is 15.9. The van der Waals surface area contributed by atoms with E-state index in [0.29, 0.717) is 6.61 Å². The number of fused-ring (bicyclic) bond motifs is 2. The molecule has 0 amide bonds. The highest BCUT2D eigenvalue weighted by molar-refractivity contribution is 5.85. The van der Waals surface area contributed by atoms with Gasteiger partial charge in [-0.3, -0.25) is 0 Å². The average Bonchev–Trinajstić information content (AvgIpc) is 3.25. The summed E-state index contributed by atoms with van der Waals surface area (Å²) in [6.45, 7) is 10.7. The van der Waals surface area contributed by atoms with Crippen molar-refractivity contribution in [2.75, 3.05) is 18.1 Å². The maximum Gasteiger partial charge on any atom is 0.154 e. The number of aliphatic hydroxyl groups is 1. The summed E-state index contributed by atoms with van der Waals surface area (Å²) in [7, 11) is 0. The minimum absolute atomic E-state index is 0.0469. The SMILES string of the molecule is C=Cc1ccc(N2c3cccc(-c4nc5ccc(C(C)(C)C)cc5[nH]4)c3OCC2CO)nc1. The smallest absolute Gasteiger partial charge is 0.154 e. The zero-order valence-corrected chi connectivity index (χ0v) is 19.2. The molecule has 6 heteroatoms. The number of anilines is 2. The summed E-state index contributed by atoms with van der Waals surface area (Å²) < 4.78 is 6.18. The number of hydrogen-bond acceptors (Lipinski definition) is 5. The number of hydrogen-bond donors (Lipinski definition) is 2. The van der Waals surface area contributed by atoms with Crippen molar-refractivity contribution in [1.82, 2.24) is 15.0 Å². The fourth-order valence-electron chi connectivity index (χ4n) is 4.21. The Morgan fingerprint density at radius 1 is 1.21 bits per heavy atom. The van der Waals surface area contributed by atoms with Gasteiger partial charge in [-0.2, -0.15) is 0 Å². The largest absolute Gasteiger partial charge is 0.488 e. The molecule has 0 radical (unpaired) electrons. The lowest BCUT2D eigenvalue weighted by Gasteiger charge is -2.37. The Hall–Kier alpha value is -3.64. The van der Waals surface area contributed by atoms with Gasteiger partial charge in [0.15, 0.2) is 5.75 Å². The summed E-state index contributed by atoms with van der Waals surface area (Å²) in [6, 6.07) is 16.0. The molecule has 6 nitrogen and oxygen atoms in total. The Balaban J connectivity index is 1.61. The van der Waals surface area contributed by atoms with Gasteiger partial charge < -0.3 is 19.7 Å². The van der Waals surface area contributed by atoms with Crippen LogP contribution < -0.4 is 9.64 Å². The zero-order chi connectivity index (χ0) is 23.2. The second kappa shape index (κ2) is 8.05. The molecule has 5 rings (SSSR count). The molecule has 2 N–H and O–H groups in total. The van der Waals surface area contributed by atoms with Crippen molar-refractivity contribution in [2.24, 2.45) is 0 Å². The van der Waals surface area contributed by atoms with Gasteiger partial charge in [-0.25, -0.2) is 9.97 Å². The van der Waals surface area contributed by atoms with E-state index in [1.54, 1.807) is 12.3 Å². The Morgan fingerprint density at radius 2 is 2.06 bits per heavy atom. The predicted molar refractivity (Wildman–Crippen MR) is 133 cm³/mol. The van der Waals surface area contributed by atoms with Crippen LogP contribution in [0, 0.1) is 0 Å². The molecule has 2 aromatic carbocycles. The molecule has 1 aliphatic rings. The molecule has 4 aromatic rings. The van der Waals surface area contributed by atoms with Crippen LogP contribution in [-0.4, -0.2) is 39.3 Å². The van der Waals surface area contributed by atoms with E-state index in [4.69, 9.17) is 9.72 Å². The minimum Gasteiger partial charge on any atom is -0.488 e. The van der Waals surface area contributed by atoms with Crippen LogP contribution in [0.3, 0.4) is 0 Å². The third kappa shape index (κ3) is 3.76. The summed E-state index contributed by atoms with van der Waals surface area (Å²) >= 11 is 0. The summed E-state index contributed by atoms with van der Waals surface area (Å²) in [5.41, 5.74) is 5.90. The molecular formula is C27H28N4O2. The molecule has 33 heavy (non-hydrogen) atoms. The lowest BCUT2D eigenvalue weighted by Crippen LogP contribution is -2.43. The number of H-pyrrole nitrogens is 1. The third-order valence-electron chi connectivity index (χ3n) is 6.11. The first-order valence-corrected chi connectivity index (χ1v) is 11.1. The van der Waals surface area contributed by atoms with Crippen LogP contribution in [0.4, 0.5) is 11.5 Å². The Morgan fingerprint density at radius 3 is 2.76 bits per heavy atom. The second-order valence-corrected chi connectivity index (χ2v) is 9.39. The Labute approximate surface area is 193 Å². The van der Waals surface area contributed by atoms with Crippen molar-refractivity contribution in [3.63, 3.8) is 0 Å². The van der Waals surface area contributed by atoms with Gasteiger partial charge in [0, 0.05) is 6.20 Å². The van der Waals surface area contributed by atoms with E-state index < -0.39 is 0 Å². The molecule has 168 valence electrons. The van der Waals surface area contributed by atoms with Gasteiger partial charge in [-0.15, -0.1) is 0 Å². The predicted octanol–water partition coefficient (Wildman–Crippen LogP) is 5.46. The van der Waals surface area contributed by atoms with E-state index >= 15 is 0 Å². The highest BCUT2D eigenvalue weighted by Crippen LogP contribution is 2.44. The fraction of sp³-hybridized carbons (Fsp3) is 0.259. The lowest BCUT2D eigenvalue weighted by atomic mass is 9.87. The molecular weight excluding hydrogens is 412 g/mol. The van der Waals surface area contributed by atoms with E-state index in [9.17, 15) is 5.11 Å². The van der Waals surface area contributed by atoms with Crippen molar-refractivity contribution in [2.45, 2.75) is 32.2 Å².